The van der Waals surface area contributed by atoms with Gasteiger partial charge in [0.05, 0.1) is 12.7 Å². The van der Waals surface area contributed by atoms with Gasteiger partial charge in [-0.1, -0.05) is 48.5 Å². The number of methoxy groups -OCH3 is 1. The molecule has 3 aromatic rings. The van der Waals surface area contributed by atoms with E-state index in [4.69, 9.17) is 4.74 Å². The highest BCUT2D eigenvalue weighted by molar-refractivity contribution is 5.91. The zero-order valence-corrected chi connectivity index (χ0v) is 15.1. The van der Waals surface area contributed by atoms with Crippen LogP contribution in [0, 0.1) is 0 Å². The first-order chi connectivity index (χ1) is 13.2. The standard InChI is InChI=1S/C22H20N2O3/c1-27-21(25)17-10-8-15(9-11-17)12-23-22(26)24-13-18-6-2-4-16-5-3-7-19(14-24)20(16)18/h2-11H,12-14H2,1H3,(H,23,26). The zero-order valence-electron chi connectivity index (χ0n) is 15.1. The summed E-state index contributed by atoms with van der Waals surface area (Å²) in [5.74, 6) is -0.369. The number of carbonyl (C=O) groups excluding carboxylic acids is 2. The van der Waals surface area contributed by atoms with Crippen molar-refractivity contribution in [2.75, 3.05) is 7.11 Å². The van der Waals surface area contributed by atoms with Crippen molar-refractivity contribution in [2.45, 2.75) is 19.6 Å². The second-order valence-electron chi connectivity index (χ2n) is 6.64. The maximum Gasteiger partial charge on any atom is 0.337 e. The smallest absolute Gasteiger partial charge is 0.337 e. The Morgan fingerprint density at radius 2 is 1.59 bits per heavy atom. The van der Waals surface area contributed by atoms with Crippen LogP contribution in [0.1, 0.15) is 27.0 Å². The number of hydrogen-bond donors (Lipinski definition) is 1. The van der Waals surface area contributed by atoms with Gasteiger partial charge in [-0.2, -0.15) is 0 Å². The van der Waals surface area contributed by atoms with E-state index in [-0.39, 0.29) is 12.0 Å². The number of esters is 1. The molecule has 5 heteroatoms. The summed E-state index contributed by atoms with van der Waals surface area (Å²) in [5, 5.41) is 5.45. The molecule has 0 aromatic heterocycles. The number of ether oxygens (including phenoxy) is 1. The van der Waals surface area contributed by atoms with Gasteiger partial charge in [0.1, 0.15) is 0 Å². The molecule has 0 saturated carbocycles. The molecule has 5 nitrogen and oxygen atoms in total. The van der Waals surface area contributed by atoms with Crippen LogP contribution in [-0.4, -0.2) is 24.0 Å². The van der Waals surface area contributed by atoms with Crippen molar-refractivity contribution >= 4 is 22.8 Å². The quantitative estimate of drug-likeness (QED) is 0.722. The Kier molecular flexibility index (Phi) is 4.50. The number of hydrogen-bond acceptors (Lipinski definition) is 3. The molecule has 0 spiro atoms. The van der Waals surface area contributed by atoms with Crippen molar-refractivity contribution in [2.24, 2.45) is 0 Å². The molecule has 1 aliphatic rings. The number of urea groups is 1. The van der Waals surface area contributed by atoms with E-state index in [1.54, 1.807) is 12.1 Å². The number of nitrogens with one attached hydrogen (secondary N) is 1. The number of benzene rings is 3. The molecule has 2 amide bonds. The molecule has 4 rings (SSSR count). The van der Waals surface area contributed by atoms with Crippen LogP contribution >= 0.6 is 0 Å². The number of rotatable bonds is 3. The lowest BCUT2D eigenvalue weighted by Crippen LogP contribution is -2.40. The van der Waals surface area contributed by atoms with Crippen LogP contribution in [0.3, 0.4) is 0 Å². The maximum atomic E-state index is 12.7. The van der Waals surface area contributed by atoms with E-state index in [1.165, 1.54) is 29.0 Å². The van der Waals surface area contributed by atoms with Crippen LogP contribution < -0.4 is 5.32 Å². The molecular weight excluding hydrogens is 340 g/mol. The second kappa shape index (κ2) is 7.11. The zero-order chi connectivity index (χ0) is 18.8. The molecular formula is C22H20N2O3. The average Bonchev–Trinajstić information content (AvgIpc) is 2.72. The number of amides is 2. The third kappa shape index (κ3) is 3.36. The summed E-state index contributed by atoms with van der Waals surface area (Å²) in [5.41, 5.74) is 3.77. The first-order valence-electron chi connectivity index (χ1n) is 8.85. The molecule has 0 fully saturated rings. The SMILES string of the molecule is COC(=O)c1ccc(CNC(=O)N2Cc3cccc4cccc(c34)C2)cc1. The summed E-state index contributed by atoms with van der Waals surface area (Å²) in [4.78, 5) is 26.0. The molecule has 0 unspecified atom stereocenters. The topological polar surface area (TPSA) is 58.6 Å². The molecule has 0 atom stereocenters. The van der Waals surface area contributed by atoms with E-state index in [1.807, 2.05) is 29.2 Å². The van der Waals surface area contributed by atoms with Gasteiger partial charge >= 0.3 is 12.0 Å². The largest absolute Gasteiger partial charge is 0.465 e. The lowest BCUT2D eigenvalue weighted by Gasteiger charge is -2.29. The van der Waals surface area contributed by atoms with Crippen LogP contribution in [0.4, 0.5) is 4.79 Å². The minimum atomic E-state index is -0.369. The van der Waals surface area contributed by atoms with Gasteiger partial charge in [-0.15, -0.1) is 0 Å². The highest BCUT2D eigenvalue weighted by atomic mass is 16.5. The van der Waals surface area contributed by atoms with Crippen LogP contribution in [0.25, 0.3) is 10.8 Å². The van der Waals surface area contributed by atoms with Gasteiger partial charge in [0.15, 0.2) is 0 Å². The molecule has 1 aliphatic heterocycles. The number of nitrogens with zero attached hydrogens (tertiary/aromatic N) is 1. The van der Waals surface area contributed by atoms with Crippen molar-refractivity contribution in [3.63, 3.8) is 0 Å². The van der Waals surface area contributed by atoms with E-state index in [0.29, 0.717) is 25.2 Å². The Morgan fingerprint density at radius 1 is 0.963 bits per heavy atom. The summed E-state index contributed by atoms with van der Waals surface area (Å²) < 4.78 is 4.69. The van der Waals surface area contributed by atoms with Gasteiger partial charge in [0.25, 0.3) is 0 Å². The predicted octanol–water partition coefficient (Wildman–Crippen LogP) is 3.85. The predicted molar refractivity (Wildman–Crippen MR) is 103 cm³/mol. The minimum Gasteiger partial charge on any atom is -0.465 e. The highest BCUT2D eigenvalue weighted by Gasteiger charge is 2.22. The van der Waals surface area contributed by atoms with Gasteiger partial charge in [-0.05, 0) is 39.6 Å². The molecule has 1 N–H and O–H groups in total. The van der Waals surface area contributed by atoms with Crippen molar-refractivity contribution in [3.05, 3.63) is 82.9 Å². The van der Waals surface area contributed by atoms with E-state index >= 15 is 0 Å². The summed E-state index contributed by atoms with van der Waals surface area (Å²) in [6, 6.07) is 19.4. The lowest BCUT2D eigenvalue weighted by molar-refractivity contribution is 0.0600. The first kappa shape index (κ1) is 17.1. The lowest BCUT2D eigenvalue weighted by atomic mass is 9.95. The fourth-order valence-electron chi connectivity index (χ4n) is 3.54. The first-order valence-corrected chi connectivity index (χ1v) is 8.85. The third-order valence-electron chi connectivity index (χ3n) is 4.91. The fourth-order valence-corrected chi connectivity index (χ4v) is 3.54. The summed E-state index contributed by atoms with van der Waals surface area (Å²) in [6.07, 6.45) is 0. The summed E-state index contributed by atoms with van der Waals surface area (Å²) in [6.45, 7) is 1.60. The molecule has 0 radical (unpaired) electrons. The van der Waals surface area contributed by atoms with E-state index < -0.39 is 0 Å². The Labute approximate surface area is 157 Å². The minimum absolute atomic E-state index is 0.0986. The average molecular weight is 360 g/mol. The van der Waals surface area contributed by atoms with Gasteiger partial charge in [-0.25, -0.2) is 9.59 Å². The Morgan fingerprint density at radius 3 is 2.19 bits per heavy atom. The summed E-state index contributed by atoms with van der Waals surface area (Å²) in [7, 11) is 1.35. The van der Waals surface area contributed by atoms with E-state index in [0.717, 1.165) is 5.56 Å². The molecule has 27 heavy (non-hydrogen) atoms. The fraction of sp³-hybridized carbons (Fsp3) is 0.182. The van der Waals surface area contributed by atoms with Crippen LogP contribution in [-0.2, 0) is 24.4 Å². The highest BCUT2D eigenvalue weighted by Crippen LogP contribution is 2.29. The van der Waals surface area contributed by atoms with Crippen LogP contribution in [0.5, 0.6) is 0 Å². The van der Waals surface area contributed by atoms with Crippen molar-refractivity contribution in [1.29, 1.82) is 0 Å². The van der Waals surface area contributed by atoms with Gasteiger partial charge < -0.3 is 15.0 Å². The van der Waals surface area contributed by atoms with Gasteiger partial charge in [0.2, 0.25) is 0 Å². The molecule has 3 aromatic carbocycles. The van der Waals surface area contributed by atoms with E-state index in [9.17, 15) is 9.59 Å². The molecule has 136 valence electrons. The Hall–Kier alpha value is -3.34. The van der Waals surface area contributed by atoms with Gasteiger partial charge in [-0.3, -0.25) is 0 Å². The molecule has 1 heterocycles. The Bertz CT molecular complexity index is 971. The van der Waals surface area contributed by atoms with Crippen molar-refractivity contribution in [1.82, 2.24) is 10.2 Å². The maximum absolute atomic E-state index is 12.7. The molecule has 0 aliphatic carbocycles. The van der Waals surface area contributed by atoms with Crippen molar-refractivity contribution < 1.29 is 14.3 Å². The molecule has 0 bridgehead atoms. The monoisotopic (exact) mass is 360 g/mol. The van der Waals surface area contributed by atoms with E-state index in [2.05, 4.69) is 29.6 Å². The second-order valence-corrected chi connectivity index (χ2v) is 6.64. The summed E-state index contributed by atoms with van der Waals surface area (Å²) >= 11 is 0. The number of carbonyl (C=O) groups is 2. The Balaban J connectivity index is 1.43. The molecule has 0 saturated heterocycles. The van der Waals surface area contributed by atoms with Crippen LogP contribution in [0.15, 0.2) is 60.7 Å². The van der Waals surface area contributed by atoms with Crippen LogP contribution in [0.2, 0.25) is 0 Å². The van der Waals surface area contributed by atoms with Gasteiger partial charge in [0, 0.05) is 19.6 Å². The third-order valence-corrected chi connectivity index (χ3v) is 4.91. The normalized spacial score (nSPS) is 12.7. The van der Waals surface area contributed by atoms with Crippen molar-refractivity contribution in [3.8, 4) is 0 Å².